The van der Waals surface area contributed by atoms with Crippen molar-refractivity contribution in [3.8, 4) is 11.3 Å². The summed E-state index contributed by atoms with van der Waals surface area (Å²) in [4.78, 5) is 37.5. The van der Waals surface area contributed by atoms with Crippen molar-refractivity contribution in [2.75, 3.05) is 19.0 Å². The summed E-state index contributed by atoms with van der Waals surface area (Å²) in [7, 11) is 3.29. The second kappa shape index (κ2) is 7.93. The van der Waals surface area contributed by atoms with Crippen LogP contribution in [0.4, 0.5) is 18.9 Å². The van der Waals surface area contributed by atoms with Crippen molar-refractivity contribution >= 4 is 17.5 Å². The Labute approximate surface area is 194 Å². The zero-order valence-electron chi connectivity index (χ0n) is 19.3. The van der Waals surface area contributed by atoms with Gasteiger partial charge in [-0.15, -0.1) is 0 Å². The molecule has 1 aliphatic heterocycles. The number of rotatable bonds is 4. The van der Waals surface area contributed by atoms with Gasteiger partial charge in [0.1, 0.15) is 6.54 Å². The topological polar surface area (TPSA) is 84.2 Å². The highest BCUT2D eigenvalue weighted by atomic mass is 19.4. The molecule has 8 nitrogen and oxygen atoms in total. The van der Waals surface area contributed by atoms with Gasteiger partial charge >= 0.3 is 6.18 Å². The number of nitrogens with zero attached hydrogens (tertiary/aromatic N) is 6. The molecule has 0 aliphatic carbocycles. The number of hydrogen-bond acceptors (Lipinski definition) is 5. The van der Waals surface area contributed by atoms with Gasteiger partial charge in [0.15, 0.2) is 0 Å². The first-order chi connectivity index (χ1) is 15.8. The summed E-state index contributed by atoms with van der Waals surface area (Å²) < 4.78 is 39.1. The minimum Gasteiger partial charge on any atom is -0.345 e. The Balaban J connectivity index is 1.76. The highest BCUT2D eigenvalue weighted by molar-refractivity contribution is 6.12. The number of carbonyl (C=O) groups is 2. The third kappa shape index (κ3) is 4.02. The Morgan fingerprint density at radius 1 is 1.15 bits per heavy atom. The van der Waals surface area contributed by atoms with Crippen molar-refractivity contribution in [1.29, 1.82) is 0 Å². The van der Waals surface area contributed by atoms with Crippen LogP contribution >= 0.6 is 0 Å². The van der Waals surface area contributed by atoms with Gasteiger partial charge in [-0.2, -0.15) is 18.3 Å². The molecule has 0 aromatic carbocycles. The maximum atomic E-state index is 13.4. The second-order valence-electron chi connectivity index (χ2n) is 8.92. The summed E-state index contributed by atoms with van der Waals surface area (Å²) in [5.74, 6) is -0.567. The maximum Gasteiger partial charge on any atom is 0.408 e. The van der Waals surface area contributed by atoms with Crippen molar-refractivity contribution in [2.24, 2.45) is 0 Å². The molecule has 178 valence electrons. The van der Waals surface area contributed by atoms with E-state index in [4.69, 9.17) is 4.98 Å². The van der Waals surface area contributed by atoms with Crippen molar-refractivity contribution in [1.82, 2.24) is 24.6 Å². The average molecular weight is 472 g/mol. The summed E-state index contributed by atoms with van der Waals surface area (Å²) >= 11 is 0. The molecule has 1 aliphatic rings. The quantitative estimate of drug-likeness (QED) is 0.577. The number of aromatic nitrogens is 4. The summed E-state index contributed by atoms with van der Waals surface area (Å²) in [6.07, 6.45) is 1.08. The lowest BCUT2D eigenvalue weighted by molar-refractivity contribution is -0.142. The number of fused-ring (bicyclic) bond motifs is 1. The molecule has 0 bridgehead atoms. The molecular formula is C23H23F3N6O2. The van der Waals surface area contributed by atoms with Crippen LogP contribution in [0.2, 0.25) is 0 Å². The largest absolute Gasteiger partial charge is 0.408 e. The van der Waals surface area contributed by atoms with Crippen LogP contribution in [0.3, 0.4) is 0 Å². The highest BCUT2D eigenvalue weighted by Crippen LogP contribution is 2.43. The van der Waals surface area contributed by atoms with E-state index in [1.165, 1.54) is 28.4 Å². The summed E-state index contributed by atoms with van der Waals surface area (Å²) in [5, 5.41) is 3.78. The fraction of sp³-hybridized carbons (Fsp3) is 0.348. The lowest BCUT2D eigenvalue weighted by atomic mass is 9.96. The number of pyridine rings is 2. The fourth-order valence-electron chi connectivity index (χ4n) is 4.14. The van der Waals surface area contributed by atoms with E-state index in [-0.39, 0.29) is 17.5 Å². The predicted octanol–water partition coefficient (Wildman–Crippen LogP) is 3.81. The Hall–Kier alpha value is -3.76. The smallest absolute Gasteiger partial charge is 0.345 e. The van der Waals surface area contributed by atoms with E-state index in [1.807, 2.05) is 0 Å². The zero-order valence-corrected chi connectivity index (χ0v) is 19.3. The summed E-state index contributed by atoms with van der Waals surface area (Å²) in [6.45, 7) is 4.08. The Morgan fingerprint density at radius 3 is 2.50 bits per heavy atom. The second-order valence-corrected chi connectivity index (χ2v) is 8.92. The number of amides is 2. The molecule has 0 saturated carbocycles. The van der Waals surface area contributed by atoms with Gasteiger partial charge in [-0.05, 0) is 38.5 Å². The minimum absolute atomic E-state index is 0.204. The van der Waals surface area contributed by atoms with Crippen LogP contribution in [0.25, 0.3) is 11.3 Å². The van der Waals surface area contributed by atoms with Crippen molar-refractivity contribution < 1.29 is 22.8 Å². The van der Waals surface area contributed by atoms with E-state index in [9.17, 15) is 22.8 Å². The van der Waals surface area contributed by atoms with E-state index in [1.54, 1.807) is 53.2 Å². The van der Waals surface area contributed by atoms with Crippen LogP contribution in [-0.2, 0) is 12.1 Å². The third-order valence-electron chi connectivity index (χ3n) is 5.68. The molecule has 0 spiro atoms. The molecule has 0 radical (unpaired) electrons. The van der Waals surface area contributed by atoms with Gasteiger partial charge in [0.2, 0.25) is 0 Å². The number of aryl methyl sites for hydroxylation is 1. The summed E-state index contributed by atoms with van der Waals surface area (Å²) in [5.41, 5.74) is 2.38. The Bertz CT molecular complexity index is 1300. The molecule has 0 unspecified atom stereocenters. The van der Waals surface area contributed by atoms with Crippen molar-refractivity contribution in [3.63, 3.8) is 0 Å². The van der Waals surface area contributed by atoms with Gasteiger partial charge in [0.25, 0.3) is 11.8 Å². The Kier molecular flexibility index (Phi) is 5.46. The molecule has 4 heterocycles. The van der Waals surface area contributed by atoms with Crippen LogP contribution < -0.4 is 4.90 Å². The van der Waals surface area contributed by atoms with Crippen LogP contribution in [0, 0.1) is 6.92 Å². The molecule has 0 atom stereocenters. The SMILES string of the molecule is Cc1cc(-c2cncc(C(=O)N(C)C)c2)nc2c1C(=O)N(c1cnn(CC(F)(F)F)c1)C2(C)C. The Morgan fingerprint density at radius 2 is 1.85 bits per heavy atom. The van der Waals surface area contributed by atoms with Gasteiger partial charge in [-0.25, -0.2) is 4.98 Å². The number of carbonyl (C=O) groups excluding carboxylic acids is 2. The first-order valence-electron chi connectivity index (χ1n) is 10.4. The van der Waals surface area contributed by atoms with Crippen LogP contribution in [0.1, 0.15) is 45.8 Å². The van der Waals surface area contributed by atoms with E-state index < -0.39 is 18.3 Å². The number of halogens is 3. The molecule has 3 aromatic heterocycles. The van der Waals surface area contributed by atoms with Gasteiger partial charge < -0.3 is 4.90 Å². The highest BCUT2D eigenvalue weighted by Gasteiger charge is 2.47. The van der Waals surface area contributed by atoms with E-state index >= 15 is 0 Å². The van der Waals surface area contributed by atoms with Gasteiger partial charge in [-0.1, -0.05) is 0 Å². The van der Waals surface area contributed by atoms with E-state index in [0.717, 1.165) is 4.68 Å². The minimum atomic E-state index is -4.43. The molecule has 34 heavy (non-hydrogen) atoms. The molecule has 4 rings (SSSR count). The molecule has 0 fully saturated rings. The van der Waals surface area contributed by atoms with Crippen LogP contribution in [0.5, 0.6) is 0 Å². The number of hydrogen-bond donors (Lipinski definition) is 0. The van der Waals surface area contributed by atoms with E-state index in [2.05, 4.69) is 10.1 Å². The van der Waals surface area contributed by atoms with Gasteiger partial charge in [-0.3, -0.25) is 24.2 Å². The van der Waals surface area contributed by atoms with Crippen molar-refractivity contribution in [3.05, 3.63) is 59.3 Å². The zero-order chi connectivity index (χ0) is 25.0. The molecule has 3 aromatic rings. The monoisotopic (exact) mass is 472 g/mol. The summed E-state index contributed by atoms with van der Waals surface area (Å²) in [6, 6.07) is 3.43. The fourth-order valence-corrected chi connectivity index (χ4v) is 4.14. The standard InChI is InChI=1S/C23H23F3N6O2/c1-13-6-17(14-7-15(9-27-8-14)20(33)30(4)5)29-19-18(13)21(34)32(22(19,2)3)16-10-28-31(11-16)12-23(24,25)26/h6-11H,12H2,1-5H3. The van der Waals surface area contributed by atoms with Gasteiger partial charge in [0, 0.05) is 38.2 Å². The lowest BCUT2D eigenvalue weighted by Gasteiger charge is -2.30. The molecule has 2 amide bonds. The maximum absolute atomic E-state index is 13.4. The number of anilines is 1. The first-order valence-corrected chi connectivity index (χ1v) is 10.4. The van der Waals surface area contributed by atoms with E-state index in [0.29, 0.717) is 33.6 Å². The first kappa shape index (κ1) is 23.4. The van der Waals surface area contributed by atoms with Crippen molar-refractivity contribution in [2.45, 2.75) is 39.0 Å². The normalized spacial score (nSPS) is 14.9. The lowest BCUT2D eigenvalue weighted by Crippen LogP contribution is -2.39. The molecule has 11 heteroatoms. The third-order valence-corrected chi connectivity index (χ3v) is 5.68. The molecular weight excluding hydrogens is 449 g/mol. The molecule has 0 N–H and O–H groups in total. The average Bonchev–Trinajstić information content (AvgIpc) is 3.25. The predicted molar refractivity (Wildman–Crippen MR) is 118 cm³/mol. The number of alkyl halides is 3. The molecule has 0 saturated heterocycles. The van der Waals surface area contributed by atoms with Gasteiger partial charge in [0.05, 0.1) is 39.9 Å². The van der Waals surface area contributed by atoms with Crippen LogP contribution in [0.15, 0.2) is 36.9 Å². The van der Waals surface area contributed by atoms with Crippen LogP contribution in [-0.4, -0.2) is 56.7 Å².